The molecule has 2 saturated carbocycles. The first kappa shape index (κ1) is 14.3. The molecule has 0 aliphatic heterocycles. The Hall–Kier alpha value is -0.690. The van der Waals surface area contributed by atoms with Crippen LogP contribution in [-0.4, -0.2) is 11.5 Å². The quantitative estimate of drug-likeness (QED) is 0.667. The second-order valence-corrected chi connectivity index (χ2v) is 7.32. The first-order chi connectivity index (χ1) is 9.63. The van der Waals surface area contributed by atoms with Crippen LogP contribution in [0.1, 0.15) is 63.9 Å². The summed E-state index contributed by atoms with van der Waals surface area (Å²) in [6, 6.07) is 8.48. The van der Waals surface area contributed by atoms with Gasteiger partial charge in [0.15, 0.2) is 0 Å². The monoisotopic (exact) mass is 292 g/mol. The summed E-state index contributed by atoms with van der Waals surface area (Å²) in [7, 11) is 0. The fourth-order valence-electron chi connectivity index (χ4n) is 3.93. The number of ether oxygens (including phenoxy) is 1. The molecule has 2 unspecified atom stereocenters. The molecule has 0 amide bonds. The Bertz CT molecular complexity index is 462. The van der Waals surface area contributed by atoms with Gasteiger partial charge in [-0.1, -0.05) is 51.3 Å². The van der Waals surface area contributed by atoms with Gasteiger partial charge in [0, 0.05) is 17.2 Å². The van der Waals surface area contributed by atoms with Crippen molar-refractivity contribution < 1.29 is 4.74 Å². The predicted octanol–water partition coefficient (Wildman–Crippen LogP) is 5.52. The molecule has 1 aromatic carbocycles. The minimum Gasteiger partial charge on any atom is -0.489 e. The largest absolute Gasteiger partial charge is 0.489 e. The van der Waals surface area contributed by atoms with E-state index in [0.29, 0.717) is 17.4 Å². The maximum absolute atomic E-state index is 6.57. The lowest BCUT2D eigenvalue weighted by molar-refractivity contribution is -0.0655. The zero-order valence-corrected chi connectivity index (χ0v) is 13.3. The summed E-state index contributed by atoms with van der Waals surface area (Å²) in [5.41, 5.74) is 1.57. The van der Waals surface area contributed by atoms with Crippen LogP contribution >= 0.6 is 11.6 Å². The van der Waals surface area contributed by atoms with E-state index in [2.05, 4.69) is 38.1 Å². The van der Waals surface area contributed by atoms with E-state index in [0.717, 1.165) is 12.2 Å². The summed E-state index contributed by atoms with van der Waals surface area (Å²) < 4.78 is 6.42. The summed E-state index contributed by atoms with van der Waals surface area (Å²) in [6.07, 6.45) is 7.81. The molecule has 1 aromatic rings. The molecule has 1 spiro atoms. The van der Waals surface area contributed by atoms with Gasteiger partial charge in [-0.15, -0.1) is 11.6 Å². The lowest BCUT2D eigenvalue weighted by Crippen LogP contribution is -2.58. The van der Waals surface area contributed by atoms with Gasteiger partial charge in [0.05, 0.1) is 0 Å². The maximum atomic E-state index is 6.57. The molecule has 0 heterocycles. The lowest BCUT2D eigenvalue weighted by atomic mass is 9.58. The highest BCUT2D eigenvalue weighted by atomic mass is 35.5. The molecular weight excluding hydrogens is 268 g/mol. The van der Waals surface area contributed by atoms with Gasteiger partial charge >= 0.3 is 0 Å². The van der Waals surface area contributed by atoms with Crippen molar-refractivity contribution in [2.24, 2.45) is 5.41 Å². The van der Waals surface area contributed by atoms with E-state index in [-0.39, 0.29) is 5.41 Å². The number of hydrogen-bond donors (Lipinski definition) is 0. The summed E-state index contributed by atoms with van der Waals surface area (Å²) in [4.78, 5) is 0. The minimum absolute atomic E-state index is 0.254. The average Bonchev–Trinajstić information content (AvgIpc) is 2.48. The highest BCUT2D eigenvalue weighted by molar-refractivity contribution is 6.21. The number of alkyl halides is 1. The first-order valence-electron chi connectivity index (χ1n) is 8.03. The zero-order chi connectivity index (χ0) is 14.2. The Kier molecular flexibility index (Phi) is 3.99. The molecule has 1 nitrogen and oxygen atoms in total. The molecule has 2 aliphatic rings. The molecule has 20 heavy (non-hydrogen) atoms. The van der Waals surface area contributed by atoms with Crippen LogP contribution in [0.4, 0.5) is 0 Å². The first-order valence-corrected chi connectivity index (χ1v) is 8.47. The normalized spacial score (nSPS) is 28.4. The van der Waals surface area contributed by atoms with Gasteiger partial charge in [0.1, 0.15) is 11.9 Å². The number of rotatable bonds is 3. The van der Waals surface area contributed by atoms with Crippen molar-refractivity contribution in [2.75, 3.05) is 0 Å². The van der Waals surface area contributed by atoms with E-state index in [1.807, 2.05) is 0 Å². The van der Waals surface area contributed by atoms with Crippen molar-refractivity contribution in [3.63, 3.8) is 0 Å². The molecule has 2 heteroatoms. The van der Waals surface area contributed by atoms with Crippen molar-refractivity contribution in [1.82, 2.24) is 0 Å². The number of para-hydroxylation sites is 1. The average molecular weight is 293 g/mol. The van der Waals surface area contributed by atoms with Crippen LogP contribution in [0.3, 0.4) is 0 Å². The molecule has 110 valence electrons. The summed E-state index contributed by atoms with van der Waals surface area (Å²) in [5.74, 6) is 1.57. The molecule has 0 radical (unpaired) electrons. The molecule has 2 atom stereocenters. The van der Waals surface area contributed by atoms with E-state index < -0.39 is 0 Å². The van der Waals surface area contributed by atoms with E-state index >= 15 is 0 Å². The second-order valence-electron chi connectivity index (χ2n) is 6.80. The third-order valence-corrected chi connectivity index (χ3v) is 5.89. The topological polar surface area (TPSA) is 9.23 Å². The van der Waals surface area contributed by atoms with Gasteiger partial charge in [-0.3, -0.25) is 0 Å². The number of benzene rings is 1. The number of hydrogen-bond acceptors (Lipinski definition) is 1. The maximum Gasteiger partial charge on any atom is 0.123 e. The summed E-state index contributed by atoms with van der Waals surface area (Å²) in [6.45, 7) is 4.45. The molecule has 0 aromatic heterocycles. The second kappa shape index (κ2) is 5.60. The smallest absolute Gasteiger partial charge is 0.123 e. The predicted molar refractivity (Wildman–Crippen MR) is 84.7 cm³/mol. The molecule has 0 saturated heterocycles. The van der Waals surface area contributed by atoms with E-state index in [4.69, 9.17) is 16.3 Å². The van der Waals surface area contributed by atoms with E-state index in [9.17, 15) is 0 Å². The molecular formula is C18H25ClO. The lowest BCUT2D eigenvalue weighted by Gasteiger charge is -2.55. The molecule has 3 rings (SSSR count). The Morgan fingerprint density at radius 1 is 1.15 bits per heavy atom. The van der Waals surface area contributed by atoms with Gasteiger partial charge in [0.2, 0.25) is 0 Å². The fourth-order valence-corrected chi connectivity index (χ4v) is 4.45. The van der Waals surface area contributed by atoms with Crippen LogP contribution in [0.2, 0.25) is 0 Å². The Labute approximate surface area is 127 Å². The van der Waals surface area contributed by atoms with Gasteiger partial charge in [-0.05, 0) is 30.4 Å². The standard InChI is InChI=1S/C18H25ClO/c1-13(2)14-8-4-5-9-15(14)20-17-12-16(19)18(17)10-6-3-7-11-18/h4-5,8-9,13,16-17H,3,6-7,10-12H2,1-2H3. The van der Waals surface area contributed by atoms with Crippen LogP contribution in [0.5, 0.6) is 5.75 Å². The third kappa shape index (κ3) is 2.35. The Morgan fingerprint density at radius 3 is 2.50 bits per heavy atom. The Morgan fingerprint density at radius 2 is 1.85 bits per heavy atom. The van der Waals surface area contributed by atoms with Gasteiger partial charge in [-0.25, -0.2) is 0 Å². The third-order valence-electron chi connectivity index (χ3n) is 5.28. The van der Waals surface area contributed by atoms with Crippen LogP contribution in [-0.2, 0) is 0 Å². The van der Waals surface area contributed by atoms with Crippen molar-refractivity contribution in [3.05, 3.63) is 29.8 Å². The van der Waals surface area contributed by atoms with E-state index in [1.54, 1.807) is 0 Å². The van der Waals surface area contributed by atoms with Crippen molar-refractivity contribution >= 4 is 11.6 Å². The van der Waals surface area contributed by atoms with Crippen molar-refractivity contribution in [2.45, 2.75) is 69.8 Å². The Balaban J connectivity index is 1.78. The van der Waals surface area contributed by atoms with E-state index in [1.165, 1.54) is 37.7 Å². The van der Waals surface area contributed by atoms with Crippen molar-refractivity contribution in [1.29, 1.82) is 0 Å². The number of halogens is 1. The van der Waals surface area contributed by atoms with Gasteiger partial charge in [0.25, 0.3) is 0 Å². The van der Waals surface area contributed by atoms with Crippen LogP contribution in [0, 0.1) is 5.41 Å². The van der Waals surface area contributed by atoms with Gasteiger partial charge in [-0.2, -0.15) is 0 Å². The highest BCUT2D eigenvalue weighted by Crippen LogP contribution is 2.56. The summed E-state index contributed by atoms with van der Waals surface area (Å²) in [5, 5.41) is 0.319. The zero-order valence-electron chi connectivity index (χ0n) is 12.6. The van der Waals surface area contributed by atoms with Crippen LogP contribution < -0.4 is 4.74 Å². The molecule has 2 aliphatic carbocycles. The van der Waals surface area contributed by atoms with Gasteiger partial charge < -0.3 is 4.74 Å². The minimum atomic E-state index is 0.254. The molecule has 0 bridgehead atoms. The molecule has 0 N–H and O–H groups in total. The fraction of sp³-hybridized carbons (Fsp3) is 0.667. The summed E-state index contributed by atoms with van der Waals surface area (Å²) >= 11 is 6.57. The molecule has 2 fully saturated rings. The van der Waals surface area contributed by atoms with Crippen LogP contribution in [0.25, 0.3) is 0 Å². The van der Waals surface area contributed by atoms with Crippen molar-refractivity contribution in [3.8, 4) is 5.75 Å². The highest BCUT2D eigenvalue weighted by Gasteiger charge is 2.55. The SMILES string of the molecule is CC(C)c1ccccc1OC1CC(Cl)C12CCCCC2. The van der Waals surface area contributed by atoms with Crippen LogP contribution in [0.15, 0.2) is 24.3 Å².